The van der Waals surface area contributed by atoms with Gasteiger partial charge in [-0.25, -0.2) is 4.39 Å². The summed E-state index contributed by atoms with van der Waals surface area (Å²) < 4.78 is 27.2. The van der Waals surface area contributed by atoms with E-state index in [0.29, 0.717) is 26.0 Å². The summed E-state index contributed by atoms with van der Waals surface area (Å²) >= 11 is 0. The summed E-state index contributed by atoms with van der Waals surface area (Å²) in [7, 11) is 0. The van der Waals surface area contributed by atoms with Crippen LogP contribution in [-0.2, 0) is 13.1 Å². The van der Waals surface area contributed by atoms with Crippen LogP contribution in [0, 0.1) is 12.7 Å². The highest BCUT2D eigenvalue weighted by molar-refractivity contribution is 5.28. The molecule has 0 amide bonds. The van der Waals surface area contributed by atoms with Crippen LogP contribution in [0.15, 0.2) is 60.9 Å². The zero-order chi connectivity index (χ0) is 23.1. The molecule has 0 spiro atoms. The van der Waals surface area contributed by atoms with Crippen LogP contribution < -0.4 is 9.47 Å². The maximum Gasteiger partial charge on any atom is 0.165 e. The molecule has 1 unspecified atom stereocenters. The summed E-state index contributed by atoms with van der Waals surface area (Å²) in [4.78, 5) is 2.34. The summed E-state index contributed by atoms with van der Waals surface area (Å²) in [5.41, 5.74) is 1.36. The van der Waals surface area contributed by atoms with Gasteiger partial charge in [0.25, 0.3) is 0 Å². The molecular weight excluding hydrogens is 421 g/mol. The lowest BCUT2D eigenvalue weighted by Crippen LogP contribution is -2.37. The lowest BCUT2D eigenvalue weighted by Gasteiger charge is -2.27. The van der Waals surface area contributed by atoms with Crippen molar-refractivity contribution < 1.29 is 19.0 Å². The molecule has 6 nitrogen and oxygen atoms in total. The van der Waals surface area contributed by atoms with E-state index in [0.717, 1.165) is 37.4 Å². The first-order valence-corrected chi connectivity index (χ1v) is 11.5. The molecule has 1 aromatic heterocycles. The van der Waals surface area contributed by atoms with E-state index in [9.17, 15) is 9.50 Å². The lowest BCUT2D eigenvalue weighted by molar-refractivity contribution is -0.0177. The minimum absolute atomic E-state index is 0.0981. The van der Waals surface area contributed by atoms with Crippen LogP contribution in [0.4, 0.5) is 4.39 Å². The van der Waals surface area contributed by atoms with E-state index in [2.05, 4.69) is 22.1 Å². The lowest BCUT2D eigenvalue weighted by atomic mass is 9.96. The van der Waals surface area contributed by atoms with Gasteiger partial charge < -0.3 is 14.6 Å². The van der Waals surface area contributed by atoms with Crippen molar-refractivity contribution in [2.45, 2.75) is 44.9 Å². The standard InChI is InChI=1S/C26H32FN3O3/c1-21-17-28-30(18-21)14-15-32-23-7-4-6-22(16-23)19-29-12-5-10-26(31,11-13-29)20-33-25-9-3-2-8-24(25)27/h2-4,6-9,16-18,31H,5,10-15,19-20H2,1H3. The fraction of sp³-hybridized carbons (Fsp3) is 0.423. The van der Waals surface area contributed by atoms with Gasteiger partial charge in [0.2, 0.25) is 0 Å². The van der Waals surface area contributed by atoms with E-state index in [-0.39, 0.29) is 12.4 Å². The summed E-state index contributed by atoms with van der Waals surface area (Å²) in [6.07, 6.45) is 5.92. The van der Waals surface area contributed by atoms with Gasteiger partial charge in [-0.3, -0.25) is 9.58 Å². The Bertz CT molecular complexity index is 1040. The van der Waals surface area contributed by atoms with Crippen LogP contribution in [0.3, 0.4) is 0 Å². The molecule has 176 valence electrons. The van der Waals surface area contributed by atoms with E-state index in [1.54, 1.807) is 18.2 Å². The molecule has 1 fully saturated rings. The Labute approximate surface area is 194 Å². The van der Waals surface area contributed by atoms with Gasteiger partial charge in [0.05, 0.1) is 18.3 Å². The maximum absolute atomic E-state index is 13.8. The molecule has 1 atom stereocenters. The fourth-order valence-electron chi connectivity index (χ4n) is 4.15. The third-order valence-corrected chi connectivity index (χ3v) is 6.00. The quantitative estimate of drug-likeness (QED) is 0.526. The molecule has 0 bridgehead atoms. The third-order valence-electron chi connectivity index (χ3n) is 6.00. The van der Waals surface area contributed by atoms with E-state index in [4.69, 9.17) is 9.47 Å². The minimum atomic E-state index is -0.952. The number of hydrogen-bond donors (Lipinski definition) is 1. The molecule has 2 heterocycles. The van der Waals surface area contributed by atoms with Crippen molar-refractivity contribution in [3.8, 4) is 11.5 Å². The average molecular weight is 454 g/mol. The Morgan fingerprint density at radius 3 is 2.79 bits per heavy atom. The number of benzene rings is 2. The predicted octanol–water partition coefficient (Wildman–Crippen LogP) is 4.21. The number of rotatable bonds is 9. The first kappa shape index (κ1) is 23.3. The maximum atomic E-state index is 13.8. The zero-order valence-electron chi connectivity index (χ0n) is 19.1. The van der Waals surface area contributed by atoms with Gasteiger partial charge in [-0.05, 0) is 68.1 Å². The predicted molar refractivity (Wildman–Crippen MR) is 125 cm³/mol. The molecule has 4 rings (SSSR count). The van der Waals surface area contributed by atoms with E-state index in [1.165, 1.54) is 11.6 Å². The van der Waals surface area contributed by atoms with Crippen molar-refractivity contribution in [1.82, 2.24) is 14.7 Å². The largest absolute Gasteiger partial charge is 0.492 e. The SMILES string of the molecule is Cc1cnn(CCOc2cccc(CN3CCCC(O)(COc4ccccc4F)CC3)c2)c1. The van der Waals surface area contributed by atoms with Crippen molar-refractivity contribution in [2.24, 2.45) is 0 Å². The number of ether oxygens (including phenoxy) is 2. The van der Waals surface area contributed by atoms with E-state index in [1.807, 2.05) is 36.1 Å². The number of likely N-dealkylation sites (tertiary alicyclic amines) is 1. The molecule has 3 aromatic rings. The second kappa shape index (κ2) is 10.8. The summed E-state index contributed by atoms with van der Waals surface area (Å²) in [6.45, 7) is 5.82. The molecule has 33 heavy (non-hydrogen) atoms. The molecular formula is C26H32FN3O3. The van der Waals surface area contributed by atoms with Gasteiger partial charge in [0.1, 0.15) is 19.0 Å². The number of aliphatic hydroxyl groups is 1. The van der Waals surface area contributed by atoms with Crippen molar-refractivity contribution in [1.29, 1.82) is 0 Å². The first-order valence-electron chi connectivity index (χ1n) is 11.5. The summed E-state index contributed by atoms with van der Waals surface area (Å²) in [6, 6.07) is 14.5. The Balaban J connectivity index is 1.26. The Kier molecular flexibility index (Phi) is 7.62. The highest BCUT2D eigenvalue weighted by atomic mass is 19.1. The molecule has 0 saturated carbocycles. The molecule has 1 N–H and O–H groups in total. The number of halogens is 1. The van der Waals surface area contributed by atoms with Crippen LogP contribution in [0.5, 0.6) is 11.5 Å². The average Bonchev–Trinajstić information content (AvgIpc) is 3.13. The second-order valence-corrected chi connectivity index (χ2v) is 8.85. The topological polar surface area (TPSA) is 59.8 Å². The smallest absolute Gasteiger partial charge is 0.165 e. The molecule has 0 radical (unpaired) electrons. The van der Waals surface area contributed by atoms with Crippen molar-refractivity contribution >= 4 is 0 Å². The van der Waals surface area contributed by atoms with Crippen LogP contribution in [0.2, 0.25) is 0 Å². The van der Waals surface area contributed by atoms with Crippen LogP contribution in [0.25, 0.3) is 0 Å². The van der Waals surface area contributed by atoms with Crippen molar-refractivity contribution in [3.05, 3.63) is 77.9 Å². The number of nitrogens with zero attached hydrogens (tertiary/aromatic N) is 3. The normalized spacial score (nSPS) is 19.2. The van der Waals surface area contributed by atoms with Gasteiger partial charge in [0.15, 0.2) is 11.6 Å². The van der Waals surface area contributed by atoms with Crippen molar-refractivity contribution in [2.75, 3.05) is 26.3 Å². The van der Waals surface area contributed by atoms with Crippen LogP contribution in [-0.4, -0.2) is 51.7 Å². The molecule has 1 aliphatic heterocycles. The van der Waals surface area contributed by atoms with Crippen LogP contribution in [0.1, 0.15) is 30.4 Å². The molecule has 1 aliphatic rings. The van der Waals surface area contributed by atoms with Gasteiger partial charge in [-0.1, -0.05) is 24.3 Å². The monoisotopic (exact) mass is 453 g/mol. The number of aryl methyl sites for hydroxylation is 1. The van der Waals surface area contributed by atoms with E-state index >= 15 is 0 Å². The fourth-order valence-corrected chi connectivity index (χ4v) is 4.15. The number of hydrogen-bond acceptors (Lipinski definition) is 5. The molecule has 1 saturated heterocycles. The molecule has 0 aliphatic carbocycles. The third kappa shape index (κ3) is 6.79. The Hall–Kier alpha value is -2.90. The second-order valence-electron chi connectivity index (χ2n) is 8.85. The summed E-state index contributed by atoms with van der Waals surface area (Å²) in [5.74, 6) is 0.630. The number of para-hydroxylation sites is 1. The minimum Gasteiger partial charge on any atom is -0.492 e. The molecule has 2 aromatic carbocycles. The zero-order valence-corrected chi connectivity index (χ0v) is 19.1. The molecule has 7 heteroatoms. The first-order chi connectivity index (χ1) is 16.0. The van der Waals surface area contributed by atoms with Gasteiger partial charge >= 0.3 is 0 Å². The van der Waals surface area contributed by atoms with Gasteiger partial charge in [0, 0.05) is 19.3 Å². The Morgan fingerprint density at radius 1 is 1.09 bits per heavy atom. The number of aromatic nitrogens is 2. The van der Waals surface area contributed by atoms with Crippen molar-refractivity contribution in [3.63, 3.8) is 0 Å². The summed E-state index contributed by atoms with van der Waals surface area (Å²) in [5, 5.41) is 15.3. The van der Waals surface area contributed by atoms with E-state index < -0.39 is 11.4 Å². The highest BCUT2D eigenvalue weighted by Crippen LogP contribution is 2.26. The van der Waals surface area contributed by atoms with Gasteiger partial charge in [-0.2, -0.15) is 5.10 Å². The Morgan fingerprint density at radius 2 is 1.97 bits per heavy atom. The van der Waals surface area contributed by atoms with Crippen LogP contribution >= 0.6 is 0 Å². The van der Waals surface area contributed by atoms with Gasteiger partial charge in [-0.15, -0.1) is 0 Å². The highest BCUT2D eigenvalue weighted by Gasteiger charge is 2.31.